The van der Waals surface area contributed by atoms with Gasteiger partial charge in [0, 0.05) is 57.3 Å². The largest absolute Gasteiger partial charge is 0.314 e. The van der Waals surface area contributed by atoms with Crippen molar-refractivity contribution in [2.45, 2.75) is 45.3 Å². The van der Waals surface area contributed by atoms with Crippen LogP contribution in [0.5, 0.6) is 0 Å². The molecule has 0 unspecified atom stereocenters. The first-order valence-electron chi connectivity index (χ1n) is 9.88. The minimum atomic E-state index is -0.442. The summed E-state index contributed by atoms with van der Waals surface area (Å²) >= 11 is 0. The number of aryl methyl sites for hydroxylation is 1. The number of benzene rings is 1. The molecule has 9 heteroatoms. The molecule has 8 nitrogen and oxygen atoms in total. The highest BCUT2D eigenvalue weighted by atomic mass is 19.1. The summed E-state index contributed by atoms with van der Waals surface area (Å²) in [6, 6.07) is 3.66. The highest BCUT2D eigenvalue weighted by molar-refractivity contribution is 5.40. The molecular formula is C19H25FN6O2. The van der Waals surface area contributed by atoms with Crippen LogP contribution in [-0.4, -0.2) is 55.7 Å². The van der Waals surface area contributed by atoms with E-state index in [1.807, 2.05) is 0 Å². The first-order valence-corrected chi connectivity index (χ1v) is 9.88. The van der Waals surface area contributed by atoms with E-state index in [2.05, 4.69) is 24.6 Å². The Bertz CT molecular complexity index is 847. The third-order valence-corrected chi connectivity index (χ3v) is 5.65. The van der Waals surface area contributed by atoms with E-state index < -0.39 is 10.7 Å². The number of nitro groups is 1. The number of fused-ring (bicyclic) bond motifs is 1. The standard InChI is InChI=1S/C19H25FN6O2/c20-16-5-6-17(26(27)28)15(12-16)13-23-8-10-24(11-9-23)14-19-22-21-18-4-2-1-3-7-25(18)19/h5-6,12H,1-4,7-11,13-14H2. The number of hydrogen-bond acceptors (Lipinski definition) is 6. The monoisotopic (exact) mass is 388 g/mol. The summed E-state index contributed by atoms with van der Waals surface area (Å²) in [4.78, 5) is 15.2. The summed E-state index contributed by atoms with van der Waals surface area (Å²) < 4.78 is 15.8. The first-order chi connectivity index (χ1) is 13.6. The number of aromatic nitrogens is 3. The molecule has 1 saturated heterocycles. The molecule has 1 fully saturated rings. The van der Waals surface area contributed by atoms with E-state index >= 15 is 0 Å². The van der Waals surface area contributed by atoms with Gasteiger partial charge < -0.3 is 4.57 Å². The van der Waals surface area contributed by atoms with Crippen molar-refractivity contribution in [2.75, 3.05) is 26.2 Å². The zero-order valence-electron chi connectivity index (χ0n) is 15.9. The lowest BCUT2D eigenvalue weighted by atomic mass is 10.1. The SMILES string of the molecule is O=[N+]([O-])c1ccc(F)cc1CN1CCN(Cc2nnc3n2CCCCC3)CC1. The fraction of sp³-hybridized carbons (Fsp3) is 0.579. The topological polar surface area (TPSA) is 80.3 Å². The van der Waals surface area contributed by atoms with Crippen molar-refractivity contribution in [2.24, 2.45) is 0 Å². The van der Waals surface area contributed by atoms with Crippen molar-refractivity contribution in [3.05, 3.63) is 51.3 Å². The van der Waals surface area contributed by atoms with Crippen LogP contribution in [0.4, 0.5) is 10.1 Å². The minimum absolute atomic E-state index is 0.0185. The Hall–Kier alpha value is -2.39. The van der Waals surface area contributed by atoms with Gasteiger partial charge in [-0.3, -0.25) is 19.9 Å². The summed E-state index contributed by atoms with van der Waals surface area (Å²) in [5, 5.41) is 20.0. The molecule has 2 aliphatic rings. The van der Waals surface area contributed by atoms with Gasteiger partial charge in [-0.1, -0.05) is 6.42 Å². The predicted octanol–water partition coefficient (Wildman–Crippen LogP) is 2.37. The molecule has 2 aromatic rings. The molecule has 0 radical (unpaired) electrons. The smallest absolute Gasteiger partial charge is 0.274 e. The van der Waals surface area contributed by atoms with Crippen LogP contribution in [0, 0.1) is 15.9 Å². The van der Waals surface area contributed by atoms with Crippen molar-refractivity contribution in [3.63, 3.8) is 0 Å². The van der Waals surface area contributed by atoms with Crippen LogP contribution in [0.1, 0.15) is 36.5 Å². The van der Waals surface area contributed by atoms with E-state index in [9.17, 15) is 14.5 Å². The highest BCUT2D eigenvalue weighted by Crippen LogP contribution is 2.22. The van der Waals surface area contributed by atoms with Crippen LogP contribution in [0.25, 0.3) is 0 Å². The van der Waals surface area contributed by atoms with E-state index in [0.29, 0.717) is 12.1 Å². The summed E-state index contributed by atoms with van der Waals surface area (Å²) in [7, 11) is 0. The van der Waals surface area contributed by atoms with Crippen molar-refractivity contribution in [1.29, 1.82) is 0 Å². The van der Waals surface area contributed by atoms with E-state index in [4.69, 9.17) is 0 Å². The second kappa shape index (κ2) is 8.32. The second-order valence-corrected chi connectivity index (χ2v) is 7.58. The lowest BCUT2D eigenvalue weighted by molar-refractivity contribution is -0.385. The summed E-state index contributed by atoms with van der Waals surface area (Å²) in [6.45, 7) is 5.45. The van der Waals surface area contributed by atoms with E-state index in [0.717, 1.165) is 63.4 Å². The molecule has 2 aliphatic heterocycles. The Morgan fingerprint density at radius 1 is 1.00 bits per heavy atom. The zero-order valence-corrected chi connectivity index (χ0v) is 15.9. The summed E-state index contributed by atoms with van der Waals surface area (Å²) in [5.74, 6) is 1.70. The van der Waals surface area contributed by atoms with Gasteiger partial charge >= 0.3 is 0 Å². The van der Waals surface area contributed by atoms with Gasteiger partial charge in [-0.25, -0.2) is 4.39 Å². The minimum Gasteiger partial charge on any atom is -0.314 e. The molecule has 0 amide bonds. The van der Waals surface area contributed by atoms with Gasteiger partial charge in [0.25, 0.3) is 5.69 Å². The molecular weight excluding hydrogens is 363 g/mol. The fourth-order valence-corrected chi connectivity index (χ4v) is 4.07. The molecule has 0 N–H and O–H groups in total. The predicted molar refractivity (Wildman–Crippen MR) is 101 cm³/mol. The Morgan fingerprint density at radius 2 is 1.75 bits per heavy atom. The van der Waals surface area contributed by atoms with Gasteiger partial charge in [-0.15, -0.1) is 10.2 Å². The fourth-order valence-electron chi connectivity index (χ4n) is 4.07. The average Bonchev–Trinajstić information content (AvgIpc) is 2.89. The molecule has 1 aromatic carbocycles. The van der Waals surface area contributed by atoms with Crippen molar-refractivity contribution < 1.29 is 9.31 Å². The molecule has 1 aromatic heterocycles. The molecule has 0 saturated carbocycles. The number of halogens is 1. The van der Waals surface area contributed by atoms with E-state index in [1.54, 1.807) is 0 Å². The Kier molecular flexibility index (Phi) is 5.63. The first kappa shape index (κ1) is 18.9. The van der Waals surface area contributed by atoms with Gasteiger partial charge in [-0.2, -0.15) is 0 Å². The summed E-state index contributed by atoms with van der Waals surface area (Å²) in [6.07, 6.45) is 4.61. The van der Waals surface area contributed by atoms with Crippen LogP contribution in [0.2, 0.25) is 0 Å². The second-order valence-electron chi connectivity index (χ2n) is 7.58. The lowest BCUT2D eigenvalue weighted by Gasteiger charge is -2.34. The maximum absolute atomic E-state index is 13.5. The van der Waals surface area contributed by atoms with Gasteiger partial charge in [0.15, 0.2) is 0 Å². The quantitative estimate of drug-likeness (QED) is 0.578. The summed E-state index contributed by atoms with van der Waals surface area (Å²) in [5.41, 5.74) is 0.413. The van der Waals surface area contributed by atoms with Crippen LogP contribution in [-0.2, 0) is 26.1 Å². The Labute approximate surface area is 163 Å². The van der Waals surface area contributed by atoms with Gasteiger partial charge in [0.05, 0.1) is 11.5 Å². The Morgan fingerprint density at radius 3 is 2.50 bits per heavy atom. The third-order valence-electron chi connectivity index (χ3n) is 5.65. The van der Waals surface area contributed by atoms with Crippen LogP contribution < -0.4 is 0 Å². The molecule has 0 bridgehead atoms. The molecule has 0 aliphatic carbocycles. The molecule has 0 spiro atoms. The molecule has 150 valence electrons. The lowest BCUT2D eigenvalue weighted by Crippen LogP contribution is -2.45. The number of nitro benzene ring substituents is 1. The van der Waals surface area contributed by atoms with E-state index in [-0.39, 0.29) is 5.69 Å². The highest BCUT2D eigenvalue weighted by Gasteiger charge is 2.23. The van der Waals surface area contributed by atoms with Crippen molar-refractivity contribution in [3.8, 4) is 0 Å². The molecule has 0 atom stereocenters. The maximum atomic E-state index is 13.5. The number of hydrogen-bond donors (Lipinski definition) is 0. The maximum Gasteiger partial charge on any atom is 0.274 e. The molecule has 3 heterocycles. The van der Waals surface area contributed by atoms with E-state index in [1.165, 1.54) is 31.4 Å². The zero-order chi connectivity index (χ0) is 19.5. The van der Waals surface area contributed by atoms with Crippen molar-refractivity contribution in [1.82, 2.24) is 24.6 Å². The Balaban J connectivity index is 1.35. The van der Waals surface area contributed by atoms with Crippen LogP contribution >= 0.6 is 0 Å². The van der Waals surface area contributed by atoms with Crippen molar-refractivity contribution >= 4 is 5.69 Å². The molecule has 28 heavy (non-hydrogen) atoms. The number of rotatable bonds is 5. The molecule has 4 rings (SSSR count). The van der Waals surface area contributed by atoms with Gasteiger partial charge in [-0.05, 0) is 25.0 Å². The van der Waals surface area contributed by atoms with Gasteiger partial charge in [0.1, 0.15) is 17.5 Å². The van der Waals surface area contributed by atoms with Crippen LogP contribution in [0.15, 0.2) is 18.2 Å². The van der Waals surface area contributed by atoms with Crippen LogP contribution in [0.3, 0.4) is 0 Å². The number of nitrogens with zero attached hydrogens (tertiary/aromatic N) is 6. The average molecular weight is 388 g/mol. The van der Waals surface area contributed by atoms with Gasteiger partial charge in [0.2, 0.25) is 0 Å². The third kappa shape index (κ3) is 4.20. The normalized spacial score (nSPS) is 18.6. The number of piperazine rings is 1.